The lowest BCUT2D eigenvalue weighted by Gasteiger charge is -2.26. The van der Waals surface area contributed by atoms with Gasteiger partial charge in [-0.05, 0) is 24.8 Å². The zero-order valence-electron chi connectivity index (χ0n) is 12.1. The third-order valence-electron chi connectivity index (χ3n) is 3.72. The van der Waals surface area contributed by atoms with E-state index in [0.29, 0.717) is 18.8 Å². The van der Waals surface area contributed by atoms with E-state index in [0.717, 1.165) is 12.8 Å². The molecule has 1 aromatic rings. The van der Waals surface area contributed by atoms with Crippen molar-refractivity contribution in [2.75, 3.05) is 13.2 Å². The van der Waals surface area contributed by atoms with Gasteiger partial charge in [-0.15, -0.1) is 0 Å². The number of alkyl halides is 2. The van der Waals surface area contributed by atoms with Crippen molar-refractivity contribution in [1.82, 2.24) is 5.32 Å². The molecule has 7 heteroatoms. The lowest BCUT2D eigenvalue weighted by Crippen LogP contribution is -2.46. The molecule has 0 bridgehead atoms. The SMILES string of the molecule is NC(C(=O)NCc1ccccc1OC(F)F)C1CCOCC1. The maximum Gasteiger partial charge on any atom is 0.387 e. The molecule has 1 amide bonds. The molecule has 3 N–H and O–H groups in total. The first-order valence-electron chi connectivity index (χ1n) is 7.21. The molecule has 2 rings (SSSR count). The highest BCUT2D eigenvalue weighted by atomic mass is 19.3. The van der Waals surface area contributed by atoms with Gasteiger partial charge in [0, 0.05) is 25.3 Å². The van der Waals surface area contributed by atoms with Crippen molar-refractivity contribution in [3.63, 3.8) is 0 Å². The van der Waals surface area contributed by atoms with Crippen molar-refractivity contribution in [1.29, 1.82) is 0 Å². The molecule has 1 saturated heterocycles. The third kappa shape index (κ3) is 4.64. The summed E-state index contributed by atoms with van der Waals surface area (Å²) in [6.45, 7) is -1.59. The molecule has 0 aliphatic carbocycles. The minimum absolute atomic E-state index is 0.0532. The largest absolute Gasteiger partial charge is 0.434 e. The van der Waals surface area contributed by atoms with Crippen LogP contribution in [0.4, 0.5) is 8.78 Å². The number of benzene rings is 1. The Labute approximate surface area is 127 Å². The minimum atomic E-state index is -2.90. The van der Waals surface area contributed by atoms with E-state index in [1.165, 1.54) is 6.07 Å². The molecule has 22 heavy (non-hydrogen) atoms. The van der Waals surface area contributed by atoms with Gasteiger partial charge >= 0.3 is 6.61 Å². The minimum Gasteiger partial charge on any atom is -0.434 e. The number of hydrogen-bond donors (Lipinski definition) is 2. The molecular weight excluding hydrogens is 294 g/mol. The van der Waals surface area contributed by atoms with E-state index in [4.69, 9.17) is 10.5 Å². The Morgan fingerprint density at radius 1 is 1.36 bits per heavy atom. The van der Waals surface area contributed by atoms with E-state index in [1.54, 1.807) is 18.2 Å². The summed E-state index contributed by atoms with van der Waals surface area (Å²) in [5.41, 5.74) is 6.44. The number of amides is 1. The van der Waals surface area contributed by atoms with Gasteiger partial charge in [0.05, 0.1) is 6.04 Å². The van der Waals surface area contributed by atoms with E-state index in [1.807, 2.05) is 0 Å². The number of rotatable bonds is 6. The van der Waals surface area contributed by atoms with Crippen molar-refractivity contribution in [2.45, 2.75) is 32.0 Å². The van der Waals surface area contributed by atoms with Crippen LogP contribution < -0.4 is 15.8 Å². The van der Waals surface area contributed by atoms with Gasteiger partial charge in [0.2, 0.25) is 5.91 Å². The lowest BCUT2D eigenvalue weighted by atomic mass is 9.92. The molecule has 1 unspecified atom stereocenters. The van der Waals surface area contributed by atoms with Crippen LogP contribution in [-0.2, 0) is 16.1 Å². The van der Waals surface area contributed by atoms with Crippen LogP contribution in [0, 0.1) is 5.92 Å². The molecule has 5 nitrogen and oxygen atoms in total. The topological polar surface area (TPSA) is 73.6 Å². The second-order valence-electron chi connectivity index (χ2n) is 5.18. The quantitative estimate of drug-likeness (QED) is 0.837. The van der Waals surface area contributed by atoms with Crippen molar-refractivity contribution in [3.05, 3.63) is 29.8 Å². The molecule has 1 aliphatic rings. The Hall–Kier alpha value is -1.73. The number of nitrogens with one attached hydrogen (secondary N) is 1. The summed E-state index contributed by atoms with van der Waals surface area (Å²) in [6.07, 6.45) is 1.50. The zero-order valence-corrected chi connectivity index (χ0v) is 12.1. The Bertz CT molecular complexity index is 493. The molecule has 1 aromatic carbocycles. The van der Waals surface area contributed by atoms with Gasteiger partial charge in [-0.3, -0.25) is 4.79 Å². The Balaban J connectivity index is 1.90. The van der Waals surface area contributed by atoms with E-state index in [9.17, 15) is 13.6 Å². The first-order chi connectivity index (χ1) is 10.6. The maximum atomic E-state index is 12.3. The van der Waals surface area contributed by atoms with Gasteiger partial charge in [0.15, 0.2) is 0 Å². The molecule has 1 heterocycles. The van der Waals surface area contributed by atoms with Crippen LogP contribution in [-0.4, -0.2) is 31.8 Å². The van der Waals surface area contributed by atoms with Gasteiger partial charge < -0.3 is 20.5 Å². The Morgan fingerprint density at radius 3 is 2.73 bits per heavy atom. The van der Waals surface area contributed by atoms with Crippen LogP contribution in [0.2, 0.25) is 0 Å². The maximum absolute atomic E-state index is 12.3. The predicted molar refractivity (Wildman–Crippen MR) is 76.4 cm³/mol. The molecule has 1 atom stereocenters. The third-order valence-corrected chi connectivity index (χ3v) is 3.72. The summed E-state index contributed by atoms with van der Waals surface area (Å²) in [4.78, 5) is 12.1. The van der Waals surface area contributed by atoms with Crippen molar-refractivity contribution in [3.8, 4) is 5.75 Å². The van der Waals surface area contributed by atoms with Crippen LogP contribution >= 0.6 is 0 Å². The van der Waals surface area contributed by atoms with E-state index in [-0.39, 0.29) is 24.1 Å². The van der Waals surface area contributed by atoms with Gasteiger partial charge in [-0.1, -0.05) is 18.2 Å². The van der Waals surface area contributed by atoms with Crippen LogP contribution in [0.25, 0.3) is 0 Å². The van der Waals surface area contributed by atoms with Crippen molar-refractivity contribution >= 4 is 5.91 Å². The van der Waals surface area contributed by atoms with Crippen molar-refractivity contribution < 1.29 is 23.0 Å². The second kappa shape index (κ2) is 8.05. The number of carbonyl (C=O) groups is 1. The fourth-order valence-electron chi connectivity index (χ4n) is 2.45. The zero-order chi connectivity index (χ0) is 15.9. The van der Waals surface area contributed by atoms with Crippen molar-refractivity contribution in [2.24, 2.45) is 11.7 Å². The Kier molecular flexibility index (Phi) is 6.09. The van der Waals surface area contributed by atoms with Gasteiger partial charge in [-0.25, -0.2) is 0 Å². The highest BCUT2D eigenvalue weighted by molar-refractivity contribution is 5.81. The van der Waals surface area contributed by atoms with Gasteiger partial charge in [-0.2, -0.15) is 8.78 Å². The summed E-state index contributed by atoms with van der Waals surface area (Å²) in [7, 11) is 0. The second-order valence-corrected chi connectivity index (χ2v) is 5.18. The smallest absolute Gasteiger partial charge is 0.387 e. The number of carbonyl (C=O) groups excluding carboxylic acids is 1. The summed E-state index contributed by atoms with van der Waals surface area (Å²) in [6, 6.07) is 5.73. The van der Waals surface area contributed by atoms with Crippen LogP contribution in [0.15, 0.2) is 24.3 Å². The number of nitrogens with two attached hydrogens (primary N) is 1. The molecule has 1 fully saturated rings. The monoisotopic (exact) mass is 314 g/mol. The molecule has 122 valence electrons. The summed E-state index contributed by atoms with van der Waals surface area (Å²) < 4.78 is 34.3. The molecule has 0 radical (unpaired) electrons. The van der Waals surface area contributed by atoms with Crippen LogP contribution in [0.3, 0.4) is 0 Å². The van der Waals surface area contributed by atoms with Gasteiger partial charge in [0.1, 0.15) is 5.75 Å². The van der Waals surface area contributed by atoms with E-state index < -0.39 is 12.7 Å². The highest BCUT2D eigenvalue weighted by Crippen LogP contribution is 2.21. The number of hydrogen-bond acceptors (Lipinski definition) is 4. The average molecular weight is 314 g/mol. The summed E-state index contributed by atoms with van der Waals surface area (Å²) >= 11 is 0. The fraction of sp³-hybridized carbons (Fsp3) is 0.533. The number of para-hydroxylation sites is 1. The molecule has 0 saturated carbocycles. The van der Waals surface area contributed by atoms with Gasteiger partial charge in [0.25, 0.3) is 0 Å². The number of ether oxygens (including phenoxy) is 2. The fourth-order valence-corrected chi connectivity index (χ4v) is 2.45. The molecule has 1 aliphatic heterocycles. The molecule has 0 spiro atoms. The molecular formula is C15H20F2N2O3. The first kappa shape index (κ1) is 16.6. The summed E-state index contributed by atoms with van der Waals surface area (Å²) in [5, 5.41) is 2.68. The van der Waals surface area contributed by atoms with Crippen LogP contribution in [0.1, 0.15) is 18.4 Å². The lowest BCUT2D eigenvalue weighted by molar-refractivity contribution is -0.124. The Morgan fingerprint density at radius 2 is 2.05 bits per heavy atom. The highest BCUT2D eigenvalue weighted by Gasteiger charge is 2.26. The average Bonchev–Trinajstić information content (AvgIpc) is 2.53. The first-order valence-corrected chi connectivity index (χ1v) is 7.21. The summed E-state index contributed by atoms with van der Waals surface area (Å²) in [5.74, 6) is -0.155. The standard InChI is InChI=1S/C15H20F2N2O3/c16-15(17)22-12-4-2-1-3-11(12)9-19-14(20)13(18)10-5-7-21-8-6-10/h1-4,10,13,15H,5-9,18H2,(H,19,20). The van der Waals surface area contributed by atoms with E-state index >= 15 is 0 Å². The van der Waals surface area contributed by atoms with E-state index in [2.05, 4.69) is 10.1 Å². The predicted octanol–water partition coefficient (Wildman–Crippen LogP) is 1.66. The number of halogens is 2. The van der Waals surface area contributed by atoms with Crippen LogP contribution in [0.5, 0.6) is 5.75 Å². The normalized spacial score (nSPS) is 17.3. The molecule has 0 aromatic heterocycles.